The van der Waals surface area contributed by atoms with E-state index in [9.17, 15) is 5.11 Å². The quantitative estimate of drug-likeness (QED) is 0.834. The Kier molecular flexibility index (Phi) is 6.05. The Balaban J connectivity index is 1.73. The summed E-state index contributed by atoms with van der Waals surface area (Å²) in [5.74, 6) is 0.510. The molecule has 1 atom stereocenters. The molecule has 4 heteroatoms. The summed E-state index contributed by atoms with van der Waals surface area (Å²) in [5, 5.41) is 14.5. The fraction of sp³-hybridized carbons (Fsp3) is 0.812. The molecule has 0 bridgehead atoms. The van der Waals surface area contributed by atoms with Crippen LogP contribution in [0.5, 0.6) is 0 Å². The zero-order valence-corrected chi connectivity index (χ0v) is 13.0. The molecule has 1 aromatic heterocycles. The number of aliphatic hydroxyl groups excluding tert-OH is 1. The zero-order chi connectivity index (χ0) is 14.4. The number of likely N-dealkylation sites (tertiary alicyclic amines) is 1. The highest BCUT2D eigenvalue weighted by atomic mass is 16.3. The Morgan fingerprint density at radius 1 is 1.35 bits per heavy atom. The van der Waals surface area contributed by atoms with Gasteiger partial charge in [0.1, 0.15) is 0 Å². The molecule has 0 saturated carbocycles. The maximum Gasteiger partial charge on any atom is 0.0569 e. The van der Waals surface area contributed by atoms with E-state index in [-0.39, 0.29) is 6.10 Å². The van der Waals surface area contributed by atoms with Gasteiger partial charge in [0.15, 0.2) is 0 Å². The molecule has 1 aliphatic rings. The SMILES string of the molecule is CCCC[C@@H](O)C1CCN(Cc2cnn(CC)c2)CC1. The highest BCUT2D eigenvalue weighted by Gasteiger charge is 2.24. The van der Waals surface area contributed by atoms with Crippen LogP contribution in [-0.2, 0) is 13.1 Å². The van der Waals surface area contributed by atoms with E-state index in [1.165, 1.54) is 12.0 Å². The van der Waals surface area contributed by atoms with Crippen LogP contribution in [0.15, 0.2) is 12.4 Å². The van der Waals surface area contributed by atoms with Gasteiger partial charge in [0, 0.05) is 24.8 Å². The first-order valence-corrected chi connectivity index (χ1v) is 8.14. The molecule has 0 unspecified atom stereocenters. The first-order valence-electron chi connectivity index (χ1n) is 8.14. The van der Waals surface area contributed by atoms with Gasteiger partial charge in [0.05, 0.1) is 12.3 Å². The number of hydrogen-bond donors (Lipinski definition) is 1. The molecular weight excluding hydrogens is 250 g/mol. The second-order valence-corrected chi connectivity index (χ2v) is 6.03. The molecule has 20 heavy (non-hydrogen) atoms. The second-order valence-electron chi connectivity index (χ2n) is 6.03. The maximum atomic E-state index is 10.2. The number of aryl methyl sites for hydroxylation is 1. The summed E-state index contributed by atoms with van der Waals surface area (Å²) in [6.07, 6.45) is 9.60. The Morgan fingerprint density at radius 2 is 2.10 bits per heavy atom. The number of aliphatic hydroxyl groups is 1. The number of rotatable bonds is 7. The summed E-state index contributed by atoms with van der Waals surface area (Å²) in [5.41, 5.74) is 1.30. The summed E-state index contributed by atoms with van der Waals surface area (Å²) < 4.78 is 1.98. The van der Waals surface area contributed by atoms with Gasteiger partial charge in [-0.25, -0.2) is 0 Å². The van der Waals surface area contributed by atoms with Crippen LogP contribution in [0.2, 0.25) is 0 Å². The van der Waals surface area contributed by atoms with Gasteiger partial charge < -0.3 is 5.11 Å². The lowest BCUT2D eigenvalue weighted by Gasteiger charge is -2.34. The highest BCUT2D eigenvalue weighted by Crippen LogP contribution is 2.24. The average Bonchev–Trinajstić information content (AvgIpc) is 2.93. The van der Waals surface area contributed by atoms with Gasteiger partial charge in [-0.1, -0.05) is 19.8 Å². The molecular formula is C16H29N3O. The maximum absolute atomic E-state index is 10.2. The standard InChI is InChI=1S/C16H29N3O/c1-3-5-6-16(20)15-7-9-18(10-8-15)12-14-11-17-19(4-2)13-14/h11,13,15-16,20H,3-10,12H2,1-2H3/t16-/m1/s1. The van der Waals surface area contributed by atoms with E-state index in [1.54, 1.807) is 0 Å². The third-order valence-corrected chi connectivity index (χ3v) is 4.45. The van der Waals surface area contributed by atoms with E-state index in [0.717, 1.165) is 51.9 Å². The largest absolute Gasteiger partial charge is 0.393 e. The molecule has 2 rings (SSSR count). The van der Waals surface area contributed by atoms with Crippen molar-refractivity contribution in [2.75, 3.05) is 13.1 Å². The van der Waals surface area contributed by atoms with Gasteiger partial charge in [0.2, 0.25) is 0 Å². The van der Waals surface area contributed by atoms with Crippen molar-refractivity contribution in [1.29, 1.82) is 0 Å². The van der Waals surface area contributed by atoms with Crippen molar-refractivity contribution in [2.24, 2.45) is 5.92 Å². The molecule has 1 aliphatic heterocycles. The topological polar surface area (TPSA) is 41.3 Å². The van der Waals surface area contributed by atoms with Crippen LogP contribution in [0.4, 0.5) is 0 Å². The molecule has 2 heterocycles. The lowest BCUT2D eigenvalue weighted by Crippen LogP contribution is -2.37. The van der Waals surface area contributed by atoms with Crippen molar-refractivity contribution in [3.8, 4) is 0 Å². The number of hydrogen-bond acceptors (Lipinski definition) is 3. The van der Waals surface area contributed by atoms with Crippen LogP contribution in [0.25, 0.3) is 0 Å². The molecule has 0 amide bonds. The molecule has 0 radical (unpaired) electrons. The smallest absolute Gasteiger partial charge is 0.0569 e. The van der Waals surface area contributed by atoms with Gasteiger partial charge >= 0.3 is 0 Å². The number of nitrogens with zero attached hydrogens (tertiary/aromatic N) is 3. The van der Waals surface area contributed by atoms with Crippen LogP contribution in [0, 0.1) is 5.92 Å². The zero-order valence-electron chi connectivity index (χ0n) is 13.0. The molecule has 0 aromatic carbocycles. The Bertz CT molecular complexity index is 383. The normalized spacial score (nSPS) is 19.4. The Labute approximate surface area is 122 Å². The Hall–Kier alpha value is -0.870. The van der Waals surface area contributed by atoms with Gasteiger partial charge in [-0.2, -0.15) is 5.10 Å². The van der Waals surface area contributed by atoms with Gasteiger partial charge in [-0.15, -0.1) is 0 Å². The molecule has 1 fully saturated rings. The fourth-order valence-corrected chi connectivity index (χ4v) is 3.06. The van der Waals surface area contributed by atoms with Crippen LogP contribution in [-0.4, -0.2) is 39.0 Å². The number of aromatic nitrogens is 2. The second kappa shape index (κ2) is 7.79. The summed E-state index contributed by atoms with van der Waals surface area (Å²) in [6.45, 7) is 8.44. The molecule has 114 valence electrons. The van der Waals surface area contributed by atoms with Crippen LogP contribution in [0.1, 0.15) is 51.5 Å². The first-order chi connectivity index (χ1) is 9.72. The van der Waals surface area contributed by atoms with Crippen molar-refractivity contribution in [3.05, 3.63) is 18.0 Å². The van der Waals surface area contributed by atoms with Gasteiger partial charge in [0.25, 0.3) is 0 Å². The van der Waals surface area contributed by atoms with Gasteiger partial charge in [-0.3, -0.25) is 9.58 Å². The lowest BCUT2D eigenvalue weighted by atomic mass is 9.88. The molecule has 4 nitrogen and oxygen atoms in total. The Morgan fingerprint density at radius 3 is 2.70 bits per heavy atom. The van der Waals surface area contributed by atoms with Crippen molar-refractivity contribution in [3.63, 3.8) is 0 Å². The fourth-order valence-electron chi connectivity index (χ4n) is 3.06. The number of piperidine rings is 1. The molecule has 1 saturated heterocycles. The van der Waals surface area contributed by atoms with E-state index in [0.29, 0.717) is 5.92 Å². The van der Waals surface area contributed by atoms with Crippen molar-refractivity contribution < 1.29 is 5.11 Å². The molecule has 0 spiro atoms. The predicted molar refractivity (Wildman–Crippen MR) is 81.4 cm³/mol. The van der Waals surface area contributed by atoms with Gasteiger partial charge in [-0.05, 0) is 45.2 Å². The van der Waals surface area contributed by atoms with E-state index in [2.05, 4.69) is 30.0 Å². The summed E-state index contributed by atoms with van der Waals surface area (Å²) in [7, 11) is 0. The van der Waals surface area contributed by atoms with E-state index >= 15 is 0 Å². The van der Waals surface area contributed by atoms with E-state index in [1.807, 2.05) is 10.9 Å². The monoisotopic (exact) mass is 279 g/mol. The molecule has 1 N–H and O–H groups in total. The van der Waals surface area contributed by atoms with Crippen LogP contribution >= 0.6 is 0 Å². The molecule has 0 aliphatic carbocycles. The average molecular weight is 279 g/mol. The third-order valence-electron chi connectivity index (χ3n) is 4.45. The molecule has 1 aromatic rings. The lowest BCUT2D eigenvalue weighted by molar-refractivity contribution is 0.0503. The highest BCUT2D eigenvalue weighted by molar-refractivity contribution is 5.03. The minimum Gasteiger partial charge on any atom is -0.393 e. The summed E-state index contributed by atoms with van der Waals surface area (Å²) >= 11 is 0. The number of unbranched alkanes of at least 4 members (excludes halogenated alkanes) is 1. The third kappa shape index (κ3) is 4.32. The van der Waals surface area contributed by atoms with Crippen molar-refractivity contribution in [1.82, 2.24) is 14.7 Å². The van der Waals surface area contributed by atoms with Crippen LogP contribution < -0.4 is 0 Å². The van der Waals surface area contributed by atoms with E-state index < -0.39 is 0 Å². The van der Waals surface area contributed by atoms with Crippen molar-refractivity contribution >= 4 is 0 Å². The summed E-state index contributed by atoms with van der Waals surface area (Å²) in [6, 6.07) is 0. The van der Waals surface area contributed by atoms with Crippen molar-refractivity contribution in [2.45, 2.75) is 65.1 Å². The minimum absolute atomic E-state index is 0.0834. The first kappa shape index (κ1) is 15.5. The van der Waals surface area contributed by atoms with Crippen LogP contribution in [0.3, 0.4) is 0 Å². The summed E-state index contributed by atoms with van der Waals surface area (Å²) in [4.78, 5) is 2.49. The van der Waals surface area contributed by atoms with E-state index in [4.69, 9.17) is 0 Å². The predicted octanol–water partition coefficient (Wildman–Crippen LogP) is 2.67. The minimum atomic E-state index is -0.0834.